The van der Waals surface area contributed by atoms with Crippen molar-refractivity contribution in [3.05, 3.63) is 39.9 Å². The van der Waals surface area contributed by atoms with Gasteiger partial charge in [-0.1, -0.05) is 25.5 Å². The van der Waals surface area contributed by atoms with Gasteiger partial charge in [-0.05, 0) is 18.9 Å². The molecule has 6 heteroatoms. The summed E-state index contributed by atoms with van der Waals surface area (Å²) in [6.45, 7) is 4.55. The summed E-state index contributed by atoms with van der Waals surface area (Å²) in [5.41, 5.74) is 0.805. The smallest absolute Gasteiger partial charge is 0.269 e. The number of benzene rings is 1. The van der Waals surface area contributed by atoms with Gasteiger partial charge in [-0.3, -0.25) is 20.2 Å². The Labute approximate surface area is 117 Å². The van der Waals surface area contributed by atoms with Crippen molar-refractivity contribution in [2.75, 3.05) is 6.54 Å². The summed E-state index contributed by atoms with van der Waals surface area (Å²) in [7, 11) is 0. The van der Waals surface area contributed by atoms with E-state index in [0.717, 1.165) is 18.4 Å². The van der Waals surface area contributed by atoms with E-state index in [9.17, 15) is 14.9 Å². The van der Waals surface area contributed by atoms with Crippen LogP contribution in [0.15, 0.2) is 24.3 Å². The fourth-order valence-corrected chi connectivity index (χ4v) is 2.43. The van der Waals surface area contributed by atoms with Crippen LogP contribution >= 0.6 is 0 Å². The highest BCUT2D eigenvalue weighted by atomic mass is 16.6. The minimum atomic E-state index is -0.417. The maximum atomic E-state index is 12.1. The predicted octanol–water partition coefficient (Wildman–Crippen LogP) is 2.21. The molecule has 1 heterocycles. The van der Waals surface area contributed by atoms with E-state index in [-0.39, 0.29) is 23.8 Å². The van der Waals surface area contributed by atoms with Crippen LogP contribution in [0, 0.1) is 10.1 Å². The Balaban J connectivity index is 2.27. The topological polar surface area (TPSA) is 75.5 Å². The van der Waals surface area contributed by atoms with Crippen LogP contribution in [0.4, 0.5) is 5.69 Å². The van der Waals surface area contributed by atoms with Crippen molar-refractivity contribution in [1.29, 1.82) is 0 Å². The Morgan fingerprint density at radius 2 is 2.20 bits per heavy atom. The Morgan fingerprint density at radius 3 is 2.85 bits per heavy atom. The van der Waals surface area contributed by atoms with Crippen LogP contribution < -0.4 is 5.32 Å². The summed E-state index contributed by atoms with van der Waals surface area (Å²) in [4.78, 5) is 24.4. The Kier molecular flexibility index (Phi) is 4.34. The van der Waals surface area contributed by atoms with E-state index in [1.54, 1.807) is 11.0 Å². The molecule has 0 aliphatic carbocycles. The number of nitro benzene ring substituents is 1. The molecule has 0 saturated carbocycles. The normalized spacial score (nSPS) is 22.3. The molecular formula is C14H19N3O3. The third kappa shape index (κ3) is 2.80. The largest absolute Gasteiger partial charge is 0.322 e. The van der Waals surface area contributed by atoms with Crippen LogP contribution in [-0.2, 0) is 4.79 Å². The van der Waals surface area contributed by atoms with Crippen LogP contribution in [-0.4, -0.2) is 28.3 Å². The number of nitro groups is 1. The Hall–Kier alpha value is -1.95. The highest BCUT2D eigenvalue weighted by Crippen LogP contribution is 2.27. The zero-order chi connectivity index (χ0) is 14.7. The molecular weight excluding hydrogens is 258 g/mol. The molecule has 1 saturated heterocycles. The summed E-state index contributed by atoms with van der Waals surface area (Å²) >= 11 is 0. The quantitative estimate of drug-likeness (QED) is 0.661. The average molecular weight is 277 g/mol. The van der Waals surface area contributed by atoms with Crippen LogP contribution in [0.5, 0.6) is 0 Å². The lowest BCUT2D eigenvalue weighted by Gasteiger charge is -2.24. The van der Waals surface area contributed by atoms with Crippen molar-refractivity contribution < 1.29 is 9.72 Å². The number of unbranched alkanes of at least 4 members (excludes halogenated alkanes) is 1. The lowest BCUT2D eigenvalue weighted by atomic mass is 10.1. The van der Waals surface area contributed by atoms with Crippen molar-refractivity contribution in [3.63, 3.8) is 0 Å². The van der Waals surface area contributed by atoms with Crippen LogP contribution in [0.2, 0.25) is 0 Å². The molecule has 0 aromatic heterocycles. The van der Waals surface area contributed by atoms with Crippen molar-refractivity contribution in [2.45, 2.75) is 38.9 Å². The van der Waals surface area contributed by atoms with Gasteiger partial charge in [-0.2, -0.15) is 0 Å². The van der Waals surface area contributed by atoms with E-state index in [0.29, 0.717) is 6.54 Å². The van der Waals surface area contributed by atoms with E-state index in [2.05, 4.69) is 12.2 Å². The molecule has 2 atom stereocenters. The monoisotopic (exact) mass is 277 g/mol. The minimum Gasteiger partial charge on any atom is -0.322 e. The molecule has 1 N–H and O–H groups in total. The van der Waals surface area contributed by atoms with Gasteiger partial charge < -0.3 is 4.90 Å². The SMILES string of the molecule is CCCCN1C(=O)C(C)NC1c1cccc([N+](=O)[O-])c1. The fourth-order valence-electron chi connectivity index (χ4n) is 2.43. The number of amides is 1. The van der Waals surface area contributed by atoms with Gasteiger partial charge in [0.2, 0.25) is 5.91 Å². The molecule has 0 spiro atoms. The Morgan fingerprint density at radius 1 is 1.45 bits per heavy atom. The molecule has 1 aromatic carbocycles. The number of rotatable bonds is 5. The van der Waals surface area contributed by atoms with Gasteiger partial charge in [-0.15, -0.1) is 0 Å². The minimum absolute atomic E-state index is 0.0479. The first-order valence-electron chi connectivity index (χ1n) is 6.85. The van der Waals surface area contributed by atoms with Crippen molar-refractivity contribution in [3.8, 4) is 0 Å². The third-order valence-corrected chi connectivity index (χ3v) is 3.52. The van der Waals surface area contributed by atoms with Gasteiger partial charge in [0.15, 0.2) is 0 Å². The van der Waals surface area contributed by atoms with Crippen molar-refractivity contribution >= 4 is 11.6 Å². The average Bonchev–Trinajstić information content (AvgIpc) is 2.73. The standard InChI is InChI=1S/C14H19N3O3/c1-3-4-8-16-13(15-10(2)14(16)18)11-6-5-7-12(9-11)17(19)20/h5-7,9-10,13,15H,3-4,8H2,1-2H3. The van der Waals surface area contributed by atoms with E-state index in [1.807, 2.05) is 13.0 Å². The maximum Gasteiger partial charge on any atom is 0.269 e. The molecule has 2 unspecified atom stereocenters. The first kappa shape index (κ1) is 14.5. The molecule has 1 aliphatic heterocycles. The summed E-state index contributed by atoms with van der Waals surface area (Å²) in [5, 5.41) is 14.1. The third-order valence-electron chi connectivity index (χ3n) is 3.52. The highest BCUT2D eigenvalue weighted by Gasteiger charge is 2.36. The number of carbonyl (C=O) groups is 1. The zero-order valence-electron chi connectivity index (χ0n) is 11.7. The van der Waals surface area contributed by atoms with Gasteiger partial charge in [0, 0.05) is 18.7 Å². The van der Waals surface area contributed by atoms with E-state index < -0.39 is 4.92 Å². The van der Waals surface area contributed by atoms with Crippen LogP contribution in [0.25, 0.3) is 0 Å². The van der Waals surface area contributed by atoms with Crippen molar-refractivity contribution in [1.82, 2.24) is 10.2 Å². The zero-order valence-corrected chi connectivity index (χ0v) is 11.7. The highest BCUT2D eigenvalue weighted by molar-refractivity contribution is 5.84. The van der Waals surface area contributed by atoms with E-state index >= 15 is 0 Å². The first-order valence-corrected chi connectivity index (χ1v) is 6.85. The molecule has 1 aliphatic rings. The molecule has 2 rings (SSSR count). The number of nitrogens with one attached hydrogen (secondary N) is 1. The maximum absolute atomic E-state index is 12.1. The molecule has 1 amide bonds. The summed E-state index contributed by atoms with van der Waals surface area (Å²) in [6, 6.07) is 6.20. The summed E-state index contributed by atoms with van der Waals surface area (Å²) < 4.78 is 0. The predicted molar refractivity (Wildman–Crippen MR) is 75.1 cm³/mol. The number of non-ortho nitro benzene ring substituents is 1. The second-order valence-corrected chi connectivity index (χ2v) is 5.03. The Bertz CT molecular complexity index is 518. The first-order chi connectivity index (χ1) is 9.54. The van der Waals surface area contributed by atoms with Crippen LogP contribution in [0.3, 0.4) is 0 Å². The molecule has 0 radical (unpaired) electrons. The lowest BCUT2D eigenvalue weighted by Crippen LogP contribution is -2.31. The molecule has 1 aromatic rings. The van der Waals surface area contributed by atoms with Gasteiger partial charge in [0.25, 0.3) is 5.69 Å². The van der Waals surface area contributed by atoms with Gasteiger partial charge in [0.05, 0.1) is 11.0 Å². The van der Waals surface area contributed by atoms with Gasteiger partial charge in [-0.25, -0.2) is 0 Å². The number of hydrogen-bond donors (Lipinski definition) is 1. The van der Waals surface area contributed by atoms with E-state index in [4.69, 9.17) is 0 Å². The molecule has 6 nitrogen and oxygen atoms in total. The molecule has 20 heavy (non-hydrogen) atoms. The van der Waals surface area contributed by atoms with Gasteiger partial charge in [0.1, 0.15) is 6.17 Å². The summed E-state index contributed by atoms with van der Waals surface area (Å²) in [6.07, 6.45) is 1.65. The van der Waals surface area contributed by atoms with Gasteiger partial charge >= 0.3 is 0 Å². The second kappa shape index (κ2) is 6.00. The number of carbonyl (C=O) groups excluding carboxylic acids is 1. The van der Waals surface area contributed by atoms with Crippen molar-refractivity contribution in [2.24, 2.45) is 0 Å². The van der Waals surface area contributed by atoms with Crippen LogP contribution in [0.1, 0.15) is 38.4 Å². The number of nitrogens with zero attached hydrogens (tertiary/aromatic N) is 2. The number of hydrogen-bond acceptors (Lipinski definition) is 4. The lowest BCUT2D eigenvalue weighted by molar-refractivity contribution is -0.385. The molecule has 1 fully saturated rings. The summed E-state index contributed by atoms with van der Waals surface area (Å²) in [5.74, 6) is 0.0509. The van der Waals surface area contributed by atoms with E-state index in [1.165, 1.54) is 12.1 Å². The molecule has 0 bridgehead atoms. The fraction of sp³-hybridized carbons (Fsp3) is 0.500. The molecule has 108 valence electrons. The second-order valence-electron chi connectivity index (χ2n) is 5.03.